The molecule has 0 aliphatic carbocycles. The normalized spacial score (nSPS) is 15.8. The number of carbonyl (C=O) groups is 2. The first-order chi connectivity index (χ1) is 15.4. The molecule has 1 aliphatic rings. The molecule has 0 fully saturated rings. The van der Waals surface area contributed by atoms with E-state index in [1.165, 1.54) is 29.8 Å². The van der Waals surface area contributed by atoms with Crippen molar-refractivity contribution in [2.75, 3.05) is 13.7 Å². The molecule has 0 unspecified atom stereocenters. The van der Waals surface area contributed by atoms with Gasteiger partial charge in [-0.15, -0.1) is 11.3 Å². The van der Waals surface area contributed by atoms with E-state index in [2.05, 4.69) is 4.99 Å². The minimum absolute atomic E-state index is 0.235. The summed E-state index contributed by atoms with van der Waals surface area (Å²) in [6.07, 6.45) is 1.75. The maximum absolute atomic E-state index is 13.4. The topological polar surface area (TPSA) is 87.0 Å². The molecule has 0 saturated heterocycles. The number of thiophene rings is 1. The van der Waals surface area contributed by atoms with E-state index in [9.17, 15) is 14.4 Å². The van der Waals surface area contributed by atoms with Gasteiger partial charge in [-0.05, 0) is 49.1 Å². The molecular weight excluding hydrogens is 448 g/mol. The van der Waals surface area contributed by atoms with Crippen LogP contribution in [0.25, 0.3) is 6.08 Å². The molecular formula is C23H20N2O5S2. The zero-order chi connectivity index (χ0) is 22.8. The third-order valence-electron chi connectivity index (χ3n) is 4.96. The smallest absolute Gasteiger partial charge is 0.338 e. The largest absolute Gasteiger partial charge is 0.465 e. The number of hydrogen-bond acceptors (Lipinski definition) is 8. The summed E-state index contributed by atoms with van der Waals surface area (Å²) >= 11 is 2.73. The van der Waals surface area contributed by atoms with Crippen molar-refractivity contribution in [3.63, 3.8) is 0 Å². The van der Waals surface area contributed by atoms with Crippen molar-refractivity contribution >= 4 is 40.7 Å². The van der Waals surface area contributed by atoms with Gasteiger partial charge >= 0.3 is 11.9 Å². The molecule has 0 amide bonds. The minimum Gasteiger partial charge on any atom is -0.465 e. The molecule has 4 rings (SSSR count). The number of aromatic nitrogens is 1. The molecule has 2 aromatic heterocycles. The van der Waals surface area contributed by atoms with Crippen molar-refractivity contribution in [3.8, 4) is 0 Å². The summed E-state index contributed by atoms with van der Waals surface area (Å²) in [5.74, 6) is -0.895. The number of esters is 2. The molecule has 7 nitrogen and oxygen atoms in total. The van der Waals surface area contributed by atoms with Crippen molar-refractivity contribution in [2.24, 2.45) is 4.99 Å². The van der Waals surface area contributed by atoms with Gasteiger partial charge in [-0.2, -0.15) is 0 Å². The van der Waals surface area contributed by atoms with Gasteiger partial charge < -0.3 is 9.47 Å². The quantitative estimate of drug-likeness (QED) is 0.538. The number of fused-ring (bicyclic) bond motifs is 1. The predicted octanol–water partition coefficient (Wildman–Crippen LogP) is 2.65. The van der Waals surface area contributed by atoms with E-state index in [0.29, 0.717) is 26.2 Å². The standard InChI is InChI=1S/C23H20N2O5S2/c1-4-30-22(28)18-13(2)24-23-25(19(18)16-6-5-11-31-16)20(26)17(32-23)12-14-7-9-15(10-8-14)21(27)29-3/h5-12,19H,4H2,1-3H3/b17-12-/t19-/m1/s1. The molecule has 32 heavy (non-hydrogen) atoms. The van der Waals surface area contributed by atoms with Crippen LogP contribution in [0.15, 0.2) is 62.8 Å². The van der Waals surface area contributed by atoms with Gasteiger partial charge in [0.2, 0.25) is 0 Å². The zero-order valence-electron chi connectivity index (χ0n) is 17.7. The maximum atomic E-state index is 13.4. The lowest BCUT2D eigenvalue weighted by Gasteiger charge is -2.23. The fraction of sp³-hybridized carbons (Fsp3) is 0.217. The summed E-state index contributed by atoms with van der Waals surface area (Å²) in [5, 5.41) is 1.91. The van der Waals surface area contributed by atoms with Gasteiger partial charge in [-0.25, -0.2) is 14.6 Å². The second-order valence-corrected chi connectivity index (χ2v) is 8.92. The molecule has 1 aromatic carbocycles. The van der Waals surface area contributed by atoms with Crippen LogP contribution in [0.3, 0.4) is 0 Å². The fourth-order valence-corrected chi connectivity index (χ4v) is 5.36. The first kappa shape index (κ1) is 21.9. The van der Waals surface area contributed by atoms with Gasteiger partial charge in [0.25, 0.3) is 5.56 Å². The van der Waals surface area contributed by atoms with E-state index in [0.717, 1.165) is 10.4 Å². The molecule has 1 atom stereocenters. The lowest BCUT2D eigenvalue weighted by molar-refractivity contribution is -0.139. The number of methoxy groups -OCH3 is 1. The lowest BCUT2D eigenvalue weighted by Crippen LogP contribution is -2.39. The van der Waals surface area contributed by atoms with Crippen LogP contribution in [0.1, 0.15) is 40.7 Å². The second-order valence-electron chi connectivity index (χ2n) is 6.93. The van der Waals surface area contributed by atoms with Crippen LogP contribution < -0.4 is 14.9 Å². The van der Waals surface area contributed by atoms with E-state index in [4.69, 9.17) is 9.47 Å². The van der Waals surface area contributed by atoms with Crippen molar-refractivity contribution in [2.45, 2.75) is 19.9 Å². The SMILES string of the molecule is CCOC(=O)C1=C(C)N=c2s/c(=C\c3ccc(C(=O)OC)cc3)c(=O)n2[C@@H]1c1cccs1. The zero-order valence-corrected chi connectivity index (χ0v) is 19.3. The Kier molecular flexibility index (Phi) is 6.20. The number of thiazole rings is 1. The first-order valence-corrected chi connectivity index (χ1v) is 11.6. The fourth-order valence-electron chi connectivity index (χ4n) is 3.49. The van der Waals surface area contributed by atoms with Crippen LogP contribution in [-0.2, 0) is 14.3 Å². The molecule has 0 bridgehead atoms. The van der Waals surface area contributed by atoms with Gasteiger partial charge in [-0.1, -0.05) is 29.5 Å². The predicted molar refractivity (Wildman–Crippen MR) is 122 cm³/mol. The Morgan fingerprint density at radius 2 is 1.94 bits per heavy atom. The third kappa shape index (κ3) is 3.96. The molecule has 1 aliphatic heterocycles. The van der Waals surface area contributed by atoms with Gasteiger partial charge in [0.15, 0.2) is 4.80 Å². The highest BCUT2D eigenvalue weighted by molar-refractivity contribution is 7.10. The molecule has 3 heterocycles. The van der Waals surface area contributed by atoms with E-state index < -0.39 is 18.0 Å². The average Bonchev–Trinajstić information content (AvgIpc) is 3.42. The van der Waals surface area contributed by atoms with E-state index in [-0.39, 0.29) is 12.2 Å². The van der Waals surface area contributed by atoms with Gasteiger partial charge in [0, 0.05) is 4.88 Å². The van der Waals surface area contributed by atoms with Crippen molar-refractivity contribution in [1.82, 2.24) is 4.57 Å². The highest BCUT2D eigenvalue weighted by Gasteiger charge is 2.33. The van der Waals surface area contributed by atoms with Crippen LogP contribution in [0.2, 0.25) is 0 Å². The van der Waals surface area contributed by atoms with Crippen molar-refractivity contribution < 1.29 is 19.1 Å². The Morgan fingerprint density at radius 3 is 2.56 bits per heavy atom. The number of benzene rings is 1. The Hall–Kier alpha value is -3.30. The van der Waals surface area contributed by atoms with Crippen LogP contribution in [-0.4, -0.2) is 30.2 Å². The molecule has 0 saturated carbocycles. The average molecular weight is 469 g/mol. The van der Waals surface area contributed by atoms with E-state index in [1.807, 2.05) is 17.5 Å². The van der Waals surface area contributed by atoms with Crippen molar-refractivity contribution in [1.29, 1.82) is 0 Å². The summed E-state index contributed by atoms with van der Waals surface area (Å²) in [5.41, 5.74) is 1.86. The summed E-state index contributed by atoms with van der Waals surface area (Å²) in [6.45, 7) is 3.74. The van der Waals surface area contributed by atoms with Crippen LogP contribution in [0, 0.1) is 0 Å². The summed E-state index contributed by atoms with van der Waals surface area (Å²) < 4.78 is 12.0. The Labute approximate surface area is 191 Å². The number of allylic oxidation sites excluding steroid dienone is 1. The third-order valence-corrected chi connectivity index (χ3v) is 6.87. The van der Waals surface area contributed by atoms with Crippen molar-refractivity contribution in [3.05, 3.63) is 88.7 Å². The summed E-state index contributed by atoms with van der Waals surface area (Å²) in [4.78, 5) is 43.7. The van der Waals surface area contributed by atoms with E-state index in [1.54, 1.807) is 48.8 Å². The first-order valence-electron chi connectivity index (χ1n) is 9.86. The molecule has 0 spiro atoms. The minimum atomic E-state index is -0.589. The lowest BCUT2D eigenvalue weighted by atomic mass is 10.0. The number of rotatable bonds is 5. The number of carbonyl (C=O) groups excluding carboxylic acids is 2. The monoisotopic (exact) mass is 468 g/mol. The molecule has 9 heteroatoms. The molecule has 0 N–H and O–H groups in total. The second kappa shape index (κ2) is 9.05. The van der Waals surface area contributed by atoms with Crippen LogP contribution in [0.4, 0.5) is 0 Å². The Balaban J connectivity index is 1.85. The number of hydrogen-bond donors (Lipinski definition) is 0. The maximum Gasteiger partial charge on any atom is 0.338 e. The highest BCUT2D eigenvalue weighted by Crippen LogP contribution is 2.33. The highest BCUT2D eigenvalue weighted by atomic mass is 32.1. The number of nitrogens with zero attached hydrogens (tertiary/aromatic N) is 2. The Bertz CT molecular complexity index is 1380. The Morgan fingerprint density at radius 1 is 1.19 bits per heavy atom. The van der Waals surface area contributed by atoms with Gasteiger partial charge in [0.1, 0.15) is 6.04 Å². The van der Waals surface area contributed by atoms with Crippen LogP contribution >= 0.6 is 22.7 Å². The number of ether oxygens (including phenoxy) is 2. The summed E-state index contributed by atoms with van der Waals surface area (Å²) in [6, 6.07) is 9.98. The van der Waals surface area contributed by atoms with E-state index >= 15 is 0 Å². The van der Waals surface area contributed by atoms with Crippen LogP contribution in [0.5, 0.6) is 0 Å². The molecule has 0 radical (unpaired) electrons. The van der Waals surface area contributed by atoms with Gasteiger partial charge in [-0.3, -0.25) is 9.36 Å². The van der Waals surface area contributed by atoms with Gasteiger partial charge in [0.05, 0.1) is 35.1 Å². The molecule has 164 valence electrons. The summed E-state index contributed by atoms with van der Waals surface area (Å²) in [7, 11) is 1.33. The molecule has 3 aromatic rings.